The van der Waals surface area contributed by atoms with Gasteiger partial charge in [-0.15, -0.1) is 11.3 Å². The van der Waals surface area contributed by atoms with E-state index in [0.29, 0.717) is 5.95 Å². The molecule has 0 bridgehead atoms. The summed E-state index contributed by atoms with van der Waals surface area (Å²) in [6.07, 6.45) is 1.91. The van der Waals surface area contributed by atoms with Crippen LogP contribution in [-0.2, 0) is 0 Å². The highest BCUT2D eigenvalue weighted by molar-refractivity contribution is 7.25. The van der Waals surface area contributed by atoms with Gasteiger partial charge >= 0.3 is 0 Å². The SMILES string of the molecule is c1ccc(-n2c3ccc(-c4ccc5oc6ccccc6c5c4)cc3c3cc(-n4c5ccccc5c5ccc6c7ccccc7n(-c7nccc(-c8ccc9sc%10ccccc%10c9c8)n7)c6c54)ccc32)cc1. The van der Waals surface area contributed by atoms with E-state index in [1.807, 2.05) is 35.7 Å². The van der Waals surface area contributed by atoms with Crippen LogP contribution in [-0.4, -0.2) is 23.7 Å². The van der Waals surface area contributed by atoms with Gasteiger partial charge in [-0.25, -0.2) is 9.97 Å². The molecule has 0 radical (unpaired) electrons. The van der Waals surface area contributed by atoms with E-state index >= 15 is 0 Å². The molecule has 0 aliphatic rings. The summed E-state index contributed by atoms with van der Waals surface area (Å²) in [7, 11) is 0. The molecule has 6 nitrogen and oxygen atoms in total. The number of hydrogen-bond acceptors (Lipinski definition) is 4. The third kappa shape index (κ3) is 5.57. The van der Waals surface area contributed by atoms with Gasteiger partial charge in [0, 0.05) is 86.4 Å². The van der Waals surface area contributed by atoms with Crippen LogP contribution >= 0.6 is 11.3 Å². The summed E-state index contributed by atoms with van der Waals surface area (Å²) < 4.78 is 16.0. The fourth-order valence-corrected chi connectivity index (χ4v) is 12.7. The number of nitrogens with zero attached hydrogens (tertiary/aromatic N) is 5. The Morgan fingerprint density at radius 2 is 0.915 bits per heavy atom. The van der Waals surface area contributed by atoms with Crippen LogP contribution < -0.4 is 0 Å². The lowest BCUT2D eigenvalue weighted by Crippen LogP contribution is -2.03. The molecule has 0 amide bonds. The largest absolute Gasteiger partial charge is 0.456 e. The van der Waals surface area contributed by atoms with Gasteiger partial charge in [0.15, 0.2) is 0 Å². The van der Waals surface area contributed by atoms with Crippen molar-refractivity contribution in [3.8, 4) is 39.7 Å². The topological polar surface area (TPSA) is 53.7 Å². The lowest BCUT2D eigenvalue weighted by atomic mass is 10.0. The second kappa shape index (κ2) is 14.6. The van der Waals surface area contributed by atoms with Crippen molar-refractivity contribution in [2.75, 3.05) is 0 Å². The zero-order chi connectivity index (χ0) is 46.3. The Labute approximate surface area is 409 Å². The molecule has 10 aromatic carbocycles. The molecule has 0 aliphatic heterocycles. The molecule has 0 aliphatic carbocycles. The molecular weight excluding hydrogens is 887 g/mol. The Balaban J connectivity index is 0.950. The highest BCUT2D eigenvalue weighted by atomic mass is 32.1. The van der Waals surface area contributed by atoms with Crippen LogP contribution in [0.25, 0.3) is 147 Å². The maximum atomic E-state index is 6.24. The van der Waals surface area contributed by atoms with Crippen molar-refractivity contribution < 1.29 is 4.42 Å². The van der Waals surface area contributed by atoms with Crippen LogP contribution in [0.2, 0.25) is 0 Å². The summed E-state index contributed by atoms with van der Waals surface area (Å²) in [5.74, 6) is 0.629. The lowest BCUT2D eigenvalue weighted by molar-refractivity contribution is 0.669. The number of fused-ring (bicyclic) bond motifs is 16. The summed E-state index contributed by atoms with van der Waals surface area (Å²) >= 11 is 1.83. The Kier molecular flexibility index (Phi) is 7.95. The minimum absolute atomic E-state index is 0.629. The fraction of sp³-hybridized carbons (Fsp3) is 0. The quantitative estimate of drug-likeness (QED) is 0.173. The van der Waals surface area contributed by atoms with Gasteiger partial charge in [-0.05, 0) is 108 Å². The number of para-hydroxylation sites is 4. The van der Waals surface area contributed by atoms with Gasteiger partial charge in [-0.1, -0.05) is 121 Å². The summed E-state index contributed by atoms with van der Waals surface area (Å²) in [5, 5.41) is 11.8. The Hall–Kier alpha value is -9.30. The van der Waals surface area contributed by atoms with Gasteiger partial charge < -0.3 is 13.6 Å². The van der Waals surface area contributed by atoms with E-state index in [0.717, 1.165) is 99.6 Å². The lowest BCUT2D eigenvalue weighted by Gasteiger charge is -2.13. The number of rotatable bonds is 5. The van der Waals surface area contributed by atoms with Crippen LogP contribution in [0.4, 0.5) is 0 Å². The van der Waals surface area contributed by atoms with Gasteiger partial charge in [0.25, 0.3) is 0 Å². The third-order valence-electron chi connectivity index (χ3n) is 14.7. The van der Waals surface area contributed by atoms with Crippen LogP contribution in [0.1, 0.15) is 0 Å². The second-order valence-corrected chi connectivity index (χ2v) is 19.6. The van der Waals surface area contributed by atoms with Gasteiger partial charge in [-0.2, -0.15) is 0 Å². The first-order valence-corrected chi connectivity index (χ1v) is 24.8. The van der Waals surface area contributed by atoms with Crippen molar-refractivity contribution in [2.45, 2.75) is 0 Å². The average molecular weight is 924 g/mol. The van der Waals surface area contributed by atoms with Crippen LogP contribution in [0, 0.1) is 0 Å². The maximum Gasteiger partial charge on any atom is 0.235 e. The predicted octanol–water partition coefficient (Wildman–Crippen LogP) is 17.4. The van der Waals surface area contributed by atoms with Crippen LogP contribution in [0.3, 0.4) is 0 Å². The molecule has 0 spiro atoms. The molecule has 0 atom stereocenters. The van der Waals surface area contributed by atoms with E-state index < -0.39 is 0 Å². The van der Waals surface area contributed by atoms with Gasteiger partial charge in [0.05, 0.1) is 38.8 Å². The van der Waals surface area contributed by atoms with Crippen molar-refractivity contribution in [1.82, 2.24) is 23.7 Å². The molecule has 0 saturated carbocycles. The molecule has 0 fully saturated rings. The van der Waals surface area contributed by atoms with Crippen LogP contribution in [0.15, 0.2) is 229 Å². The zero-order valence-electron chi connectivity index (χ0n) is 37.9. The molecule has 16 aromatic rings. The van der Waals surface area contributed by atoms with Crippen molar-refractivity contribution in [1.29, 1.82) is 0 Å². The first-order valence-electron chi connectivity index (χ1n) is 24.0. The molecule has 16 rings (SSSR count). The monoisotopic (exact) mass is 923 g/mol. The van der Waals surface area contributed by atoms with Crippen molar-refractivity contribution in [3.63, 3.8) is 0 Å². The normalized spacial score (nSPS) is 12.2. The molecular formula is C64H37N5OS. The Morgan fingerprint density at radius 3 is 1.73 bits per heavy atom. The van der Waals surface area contributed by atoms with Crippen molar-refractivity contribution in [2.24, 2.45) is 0 Å². The van der Waals surface area contributed by atoms with Crippen molar-refractivity contribution in [3.05, 3.63) is 225 Å². The molecule has 71 heavy (non-hydrogen) atoms. The molecule has 6 heterocycles. The summed E-state index contributed by atoms with van der Waals surface area (Å²) in [6.45, 7) is 0. The van der Waals surface area contributed by atoms with Crippen LogP contribution in [0.5, 0.6) is 0 Å². The minimum atomic E-state index is 0.629. The average Bonchev–Trinajstić information content (AvgIpc) is 4.24. The van der Waals surface area contributed by atoms with E-state index in [1.165, 1.54) is 41.7 Å². The third-order valence-corrected chi connectivity index (χ3v) is 15.9. The minimum Gasteiger partial charge on any atom is -0.456 e. The first-order chi connectivity index (χ1) is 35.2. The fourth-order valence-electron chi connectivity index (χ4n) is 11.6. The number of hydrogen-bond donors (Lipinski definition) is 0. The van der Waals surface area contributed by atoms with Gasteiger partial charge in [-0.3, -0.25) is 4.57 Å². The van der Waals surface area contributed by atoms with E-state index in [2.05, 4.69) is 214 Å². The summed E-state index contributed by atoms with van der Waals surface area (Å²) in [6, 6.07) is 78.9. The smallest absolute Gasteiger partial charge is 0.235 e. The highest BCUT2D eigenvalue weighted by Crippen LogP contribution is 2.44. The Bertz CT molecular complexity index is 4890. The number of aromatic nitrogens is 5. The molecule has 0 unspecified atom stereocenters. The Morgan fingerprint density at radius 1 is 0.338 bits per heavy atom. The van der Waals surface area contributed by atoms with E-state index in [4.69, 9.17) is 14.4 Å². The summed E-state index contributed by atoms with van der Waals surface area (Å²) in [4.78, 5) is 10.5. The molecule has 6 aromatic heterocycles. The zero-order valence-corrected chi connectivity index (χ0v) is 38.7. The van der Waals surface area contributed by atoms with E-state index in [-0.39, 0.29) is 0 Å². The highest BCUT2D eigenvalue weighted by Gasteiger charge is 2.24. The number of thiophene rings is 1. The van der Waals surface area contributed by atoms with E-state index in [9.17, 15) is 0 Å². The molecule has 330 valence electrons. The van der Waals surface area contributed by atoms with Gasteiger partial charge in [0.2, 0.25) is 5.95 Å². The number of benzene rings is 10. The predicted molar refractivity (Wildman–Crippen MR) is 296 cm³/mol. The van der Waals surface area contributed by atoms with E-state index in [1.54, 1.807) is 0 Å². The molecule has 0 N–H and O–H groups in total. The first kappa shape index (κ1) is 38.6. The standard InChI is InChI=1S/C64H37N5OS/c1-2-12-41(13-3-1)67-56-28-22-38(39-23-30-59-51(35-39)45-16-6-10-20-58(45)70-59)34-49(56)50-37-42(25-29-57(50)67)68-54-18-8-4-14-43(54)47-26-27-48-44-15-5-9-19-55(44)69(63(48)62(47)68)64-65-33-32-53(66-64)40-24-31-61-52(36-40)46-17-7-11-21-60(46)71-61/h1-37H. The number of furan rings is 1. The maximum absolute atomic E-state index is 6.24. The molecule has 7 heteroatoms. The second-order valence-electron chi connectivity index (χ2n) is 18.5. The molecule has 0 saturated heterocycles. The van der Waals surface area contributed by atoms with Gasteiger partial charge in [0.1, 0.15) is 11.2 Å². The van der Waals surface area contributed by atoms with Crippen molar-refractivity contribution >= 4 is 119 Å². The summed E-state index contributed by atoms with van der Waals surface area (Å²) in [5.41, 5.74) is 14.9.